The fourth-order valence-corrected chi connectivity index (χ4v) is 3.12. The summed E-state index contributed by atoms with van der Waals surface area (Å²) in [6.45, 7) is 3.05. The molecule has 1 aliphatic carbocycles. The molecular weight excluding hydrogens is 361 g/mol. The van der Waals surface area contributed by atoms with Crippen LogP contribution in [0.2, 0.25) is 10.0 Å². The Bertz CT molecular complexity index is 681. The van der Waals surface area contributed by atoms with Crippen LogP contribution in [0.1, 0.15) is 18.4 Å². The molecule has 1 saturated heterocycles. The molecule has 1 N–H and O–H groups in total. The molecule has 0 unspecified atom stereocenters. The molecule has 134 valence electrons. The monoisotopic (exact) mass is 381 g/mol. The number of carbonyl (C=O) groups is 2. The van der Waals surface area contributed by atoms with Crippen molar-refractivity contribution in [3.63, 3.8) is 0 Å². The Kier molecular flexibility index (Phi) is 5.99. The minimum absolute atomic E-state index is 0.0573. The van der Waals surface area contributed by atoms with Crippen molar-refractivity contribution in [2.75, 3.05) is 32.7 Å². The molecule has 3 rings (SSSR count). The van der Waals surface area contributed by atoms with Crippen LogP contribution in [0.4, 0.5) is 0 Å². The molecule has 1 aliphatic heterocycles. The highest BCUT2D eigenvalue weighted by Crippen LogP contribution is 2.26. The maximum absolute atomic E-state index is 12.3. The van der Waals surface area contributed by atoms with E-state index >= 15 is 0 Å². The first kappa shape index (κ1) is 18.2. The van der Waals surface area contributed by atoms with Gasteiger partial charge in [0, 0.05) is 38.3 Å². The van der Waals surface area contributed by atoms with Crippen molar-refractivity contribution in [3.05, 3.63) is 39.9 Å². The molecule has 0 radical (unpaired) electrons. The normalized spacial score (nSPS) is 18.6. The quantitative estimate of drug-likeness (QED) is 0.796. The maximum atomic E-state index is 12.3. The number of rotatable bonds is 5. The van der Waals surface area contributed by atoms with Gasteiger partial charge < -0.3 is 10.2 Å². The van der Waals surface area contributed by atoms with Crippen LogP contribution in [0, 0.1) is 0 Å². The third-order valence-electron chi connectivity index (χ3n) is 4.38. The van der Waals surface area contributed by atoms with Crippen LogP contribution < -0.4 is 5.32 Å². The number of nitrogens with zero attached hydrogens (tertiary/aromatic N) is 2. The van der Waals surface area contributed by atoms with Crippen LogP contribution in [0.3, 0.4) is 0 Å². The van der Waals surface area contributed by atoms with Gasteiger partial charge in [0.1, 0.15) is 0 Å². The first-order valence-corrected chi connectivity index (χ1v) is 9.21. The smallest absolute Gasteiger partial charge is 0.246 e. The summed E-state index contributed by atoms with van der Waals surface area (Å²) in [6.07, 6.45) is 5.40. The number of hydrogen-bond acceptors (Lipinski definition) is 3. The number of nitrogens with one attached hydrogen (secondary N) is 1. The SMILES string of the molecule is O=C(CN1CCN(C(=O)/C=C/c2cccc(Cl)c2Cl)CC1)NC1CC1. The molecule has 0 aromatic heterocycles. The van der Waals surface area contributed by atoms with E-state index in [1.165, 1.54) is 6.08 Å². The summed E-state index contributed by atoms with van der Waals surface area (Å²) in [4.78, 5) is 28.0. The van der Waals surface area contributed by atoms with Crippen molar-refractivity contribution in [1.82, 2.24) is 15.1 Å². The van der Waals surface area contributed by atoms with Gasteiger partial charge >= 0.3 is 0 Å². The molecule has 0 spiro atoms. The van der Waals surface area contributed by atoms with Gasteiger partial charge in [-0.15, -0.1) is 0 Å². The Morgan fingerprint density at radius 1 is 1.16 bits per heavy atom. The van der Waals surface area contributed by atoms with Crippen LogP contribution in [0.5, 0.6) is 0 Å². The van der Waals surface area contributed by atoms with Gasteiger partial charge in [-0.1, -0.05) is 35.3 Å². The molecule has 1 aromatic rings. The van der Waals surface area contributed by atoms with Gasteiger partial charge in [0.25, 0.3) is 0 Å². The molecule has 2 fully saturated rings. The number of piperazine rings is 1. The van der Waals surface area contributed by atoms with Gasteiger partial charge in [0.05, 0.1) is 16.6 Å². The predicted molar refractivity (Wildman–Crippen MR) is 99.7 cm³/mol. The van der Waals surface area contributed by atoms with Gasteiger partial charge in [0.15, 0.2) is 0 Å². The molecule has 5 nitrogen and oxygen atoms in total. The fourth-order valence-electron chi connectivity index (χ4n) is 2.75. The van der Waals surface area contributed by atoms with E-state index in [2.05, 4.69) is 10.2 Å². The zero-order chi connectivity index (χ0) is 17.8. The fraction of sp³-hybridized carbons (Fsp3) is 0.444. The molecule has 0 bridgehead atoms. The topological polar surface area (TPSA) is 52.7 Å². The van der Waals surface area contributed by atoms with E-state index < -0.39 is 0 Å². The lowest BCUT2D eigenvalue weighted by atomic mass is 10.2. The summed E-state index contributed by atoms with van der Waals surface area (Å²) in [5.74, 6) is 0.0240. The summed E-state index contributed by atoms with van der Waals surface area (Å²) in [5, 5.41) is 3.90. The zero-order valence-electron chi connectivity index (χ0n) is 13.9. The summed E-state index contributed by atoms with van der Waals surface area (Å²) < 4.78 is 0. The highest BCUT2D eigenvalue weighted by molar-refractivity contribution is 6.42. The lowest BCUT2D eigenvalue weighted by Crippen LogP contribution is -2.51. The maximum Gasteiger partial charge on any atom is 0.246 e. The first-order chi connectivity index (χ1) is 12.0. The highest BCUT2D eigenvalue weighted by atomic mass is 35.5. The predicted octanol–water partition coefficient (Wildman–Crippen LogP) is 2.43. The van der Waals surface area contributed by atoms with Crippen LogP contribution in [0.25, 0.3) is 6.08 Å². The van der Waals surface area contributed by atoms with Crippen molar-refractivity contribution in [3.8, 4) is 0 Å². The third-order valence-corrected chi connectivity index (χ3v) is 5.21. The second-order valence-corrected chi connectivity index (χ2v) is 7.20. The average molecular weight is 382 g/mol. The minimum atomic E-state index is -0.0573. The Labute approximate surface area is 157 Å². The van der Waals surface area contributed by atoms with E-state index in [9.17, 15) is 9.59 Å². The Morgan fingerprint density at radius 2 is 1.88 bits per heavy atom. The van der Waals surface area contributed by atoms with E-state index in [4.69, 9.17) is 23.2 Å². The van der Waals surface area contributed by atoms with Gasteiger partial charge in [-0.3, -0.25) is 14.5 Å². The molecule has 25 heavy (non-hydrogen) atoms. The Hall–Kier alpha value is -1.56. The molecule has 1 aromatic carbocycles. The minimum Gasteiger partial charge on any atom is -0.352 e. The number of carbonyl (C=O) groups excluding carboxylic acids is 2. The van der Waals surface area contributed by atoms with Crippen LogP contribution in [0.15, 0.2) is 24.3 Å². The summed E-state index contributed by atoms with van der Waals surface area (Å²) >= 11 is 12.1. The van der Waals surface area contributed by atoms with Gasteiger partial charge in [-0.2, -0.15) is 0 Å². The van der Waals surface area contributed by atoms with Crippen LogP contribution in [-0.4, -0.2) is 60.4 Å². The molecule has 1 saturated carbocycles. The van der Waals surface area contributed by atoms with E-state index in [1.807, 2.05) is 6.07 Å². The largest absolute Gasteiger partial charge is 0.352 e. The first-order valence-electron chi connectivity index (χ1n) is 8.45. The molecule has 2 amide bonds. The third kappa shape index (κ3) is 5.21. The van der Waals surface area contributed by atoms with Crippen LogP contribution in [-0.2, 0) is 9.59 Å². The van der Waals surface area contributed by atoms with E-state index in [1.54, 1.807) is 23.1 Å². The number of hydrogen-bond donors (Lipinski definition) is 1. The highest BCUT2D eigenvalue weighted by Gasteiger charge is 2.25. The van der Waals surface area contributed by atoms with Crippen molar-refractivity contribution < 1.29 is 9.59 Å². The van der Waals surface area contributed by atoms with Crippen molar-refractivity contribution >= 4 is 41.1 Å². The summed E-state index contributed by atoms with van der Waals surface area (Å²) in [6, 6.07) is 5.71. The summed E-state index contributed by atoms with van der Waals surface area (Å²) in [7, 11) is 0. The number of halogens is 2. The van der Waals surface area contributed by atoms with Crippen molar-refractivity contribution in [1.29, 1.82) is 0 Å². The van der Waals surface area contributed by atoms with Gasteiger partial charge in [-0.05, 0) is 30.5 Å². The molecule has 2 aliphatic rings. The zero-order valence-corrected chi connectivity index (χ0v) is 15.4. The lowest BCUT2D eigenvalue weighted by molar-refractivity contribution is -0.128. The molecular formula is C18H21Cl2N3O2. The van der Waals surface area contributed by atoms with E-state index in [-0.39, 0.29) is 11.8 Å². The molecule has 7 heteroatoms. The number of benzene rings is 1. The van der Waals surface area contributed by atoms with E-state index in [0.29, 0.717) is 48.8 Å². The second-order valence-electron chi connectivity index (χ2n) is 6.42. The Morgan fingerprint density at radius 3 is 2.56 bits per heavy atom. The second kappa shape index (κ2) is 8.21. The number of amides is 2. The summed E-state index contributed by atoms with van der Waals surface area (Å²) in [5.41, 5.74) is 0.720. The van der Waals surface area contributed by atoms with Crippen LogP contribution >= 0.6 is 23.2 Å². The molecule has 0 atom stereocenters. The standard InChI is InChI=1S/C18H21Cl2N3O2/c19-15-3-1-2-13(18(15)20)4-7-17(25)23-10-8-22(9-11-23)12-16(24)21-14-5-6-14/h1-4,7,14H,5-6,8-12H2,(H,21,24)/b7-4+. The lowest BCUT2D eigenvalue weighted by Gasteiger charge is -2.33. The molecule has 1 heterocycles. The van der Waals surface area contributed by atoms with Crippen molar-refractivity contribution in [2.45, 2.75) is 18.9 Å². The Balaban J connectivity index is 1.47. The average Bonchev–Trinajstić information content (AvgIpc) is 3.40. The van der Waals surface area contributed by atoms with Crippen molar-refractivity contribution in [2.24, 2.45) is 0 Å². The van der Waals surface area contributed by atoms with E-state index in [0.717, 1.165) is 18.4 Å². The van der Waals surface area contributed by atoms with Gasteiger partial charge in [-0.25, -0.2) is 0 Å². The van der Waals surface area contributed by atoms with Gasteiger partial charge in [0.2, 0.25) is 11.8 Å².